The molecule has 0 amide bonds. The predicted octanol–water partition coefficient (Wildman–Crippen LogP) is 3.97. The first-order chi connectivity index (χ1) is 6.73. The quantitative estimate of drug-likeness (QED) is 0.522. The van der Waals surface area contributed by atoms with Gasteiger partial charge in [0.2, 0.25) is 0 Å². The summed E-state index contributed by atoms with van der Waals surface area (Å²) < 4.78 is 0.0239. The second-order valence-corrected chi connectivity index (χ2v) is 5.11. The number of hydrogen-bond acceptors (Lipinski definition) is 0. The molecule has 0 fully saturated rings. The minimum Gasteiger partial charge on any atom is -0.0899 e. The maximum atomic E-state index is 3.75. The van der Waals surface area contributed by atoms with Crippen LogP contribution in [0.4, 0.5) is 0 Å². The molecule has 0 aromatic heterocycles. The van der Waals surface area contributed by atoms with E-state index in [1.165, 1.54) is 11.1 Å². The molecule has 2 rings (SSSR count). The van der Waals surface area contributed by atoms with Gasteiger partial charge in [0.15, 0.2) is 0 Å². The van der Waals surface area contributed by atoms with E-state index in [0.717, 1.165) is 6.42 Å². The zero-order valence-corrected chi connectivity index (χ0v) is 9.79. The molecule has 1 unspecified atom stereocenters. The number of alkyl halides is 1. The van der Waals surface area contributed by atoms with Crippen LogP contribution in [0, 0.1) is 0 Å². The van der Waals surface area contributed by atoms with Crippen LogP contribution >= 0.6 is 15.9 Å². The summed E-state index contributed by atoms with van der Waals surface area (Å²) in [4.78, 5) is 0. The van der Waals surface area contributed by atoms with Gasteiger partial charge in [0.05, 0.1) is 4.32 Å². The molecular weight excluding hydrogens is 236 g/mol. The fourth-order valence-corrected chi connectivity index (χ4v) is 2.53. The van der Waals surface area contributed by atoms with E-state index in [-0.39, 0.29) is 4.32 Å². The van der Waals surface area contributed by atoms with Crippen LogP contribution in [-0.2, 0) is 6.42 Å². The van der Waals surface area contributed by atoms with Crippen LogP contribution in [0.25, 0.3) is 6.08 Å². The minimum absolute atomic E-state index is 0.0239. The van der Waals surface area contributed by atoms with Crippen molar-refractivity contribution < 1.29 is 0 Å². The maximum Gasteiger partial charge on any atom is 0.0660 e. The summed E-state index contributed by atoms with van der Waals surface area (Å²) in [5.41, 5.74) is 2.75. The standard InChI is InChI=1S/C13H13Br/c1-2-8-13(14)9-7-11-5-3-4-6-12(11)10-13/h2-9H,10H2,1H3. The summed E-state index contributed by atoms with van der Waals surface area (Å²) in [7, 11) is 0. The molecule has 1 aromatic carbocycles. The van der Waals surface area contributed by atoms with Crippen LogP contribution in [0.2, 0.25) is 0 Å². The topological polar surface area (TPSA) is 0 Å². The molecule has 14 heavy (non-hydrogen) atoms. The molecule has 72 valence electrons. The molecule has 0 bridgehead atoms. The van der Waals surface area contributed by atoms with Crippen molar-refractivity contribution in [2.45, 2.75) is 17.7 Å². The van der Waals surface area contributed by atoms with Gasteiger partial charge in [0.1, 0.15) is 0 Å². The molecule has 0 nitrogen and oxygen atoms in total. The van der Waals surface area contributed by atoms with E-state index in [1.807, 2.05) is 0 Å². The molecule has 1 aliphatic rings. The van der Waals surface area contributed by atoms with Crippen molar-refractivity contribution in [3.05, 3.63) is 53.6 Å². The smallest absolute Gasteiger partial charge is 0.0660 e. The second-order valence-electron chi connectivity index (χ2n) is 3.64. The Balaban J connectivity index is 2.38. The van der Waals surface area contributed by atoms with Crippen molar-refractivity contribution >= 4 is 22.0 Å². The average Bonchev–Trinajstić information content (AvgIpc) is 2.17. The Kier molecular flexibility index (Phi) is 2.60. The number of hydrogen-bond donors (Lipinski definition) is 0. The molecule has 0 aliphatic heterocycles. The predicted molar refractivity (Wildman–Crippen MR) is 65.7 cm³/mol. The van der Waals surface area contributed by atoms with E-state index in [0.29, 0.717) is 0 Å². The lowest BCUT2D eigenvalue weighted by molar-refractivity contribution is 0.867. The number of rotatable bonds is 1. The third kappa shape index (κ3) is 1.83. The lowest BCUT2D eigenvalue weighted by Gasteiger charge is -2.25. The minimum atomic E-state index is 0.0239. The summed E-state index contributed by atoms with van der Waals surface area (Å²) in [6, 6.07) is 8.54. The van der Waals surface area contributed by atoms with Gasteiger partial charge >= 0.3 is 0 Å². The Morgan fingerprint density at radius 2 is 2.14 bits per heavy atom. The Bertz CT molecular complexity index is 390. The fraction of sp³-hybridized carbons (Fsp3) is 0.231. The van der Waals surface area contributed by atoms with Gasteiger partial charge in [-0.1, -0.05) is 64.5 Å². The van der Waals surface area contributed by atoms with Gasteiger partial charge < -0.3 is 0 Å². The lowest BCUT2D eigenvalue weighted by Crippen LogP contribution is -2.20. The second kappa shape index (κ2) is 3.74. The van der Waals surface area contributed by atoms with E-state index in [2.05, 4.69) is 71.4 Å². The van der Waals surface area contributed by atoms with E-state index in [1.54, 1.807) is 0 Å². The van der Waals surface area contributed by atoms with Gasteiger partial charge in [-0.15, -0.1) is 0 Å². The van der Waals surface area contributed by atoms with Crippen molar-refractivity contribution in [2.24, 2.45) is 0 Å². The molecule has 0 saturated carbocycles. The molecule has 1 heteroatoms. The largest absolute Gasteiger partial charge is 0.0899 e. The van der Waals surface area contributed by atoms with Crippen LogP contribution < -0.4 is 0 Å². The van der Waals surface area contributed by atoms with Crippen molar-refractivity contribution in [1.29, 1.82) is 0 Å². The Morgan fingerprint density at radius 3 is 2.93 bits per heavy atom. The summed E-state index contributed by atoms with van der Waals surface area (Å²) in [6.45, 7) is 2.05. The van der Waals surface area contributed by atoms with Gasteiger partial charge in [0, 0.05) is 0 Å². The Morgan fingerprint density at radius 1 is 1.36 bits per heavy atom. The van der Waals surface area contributed by atoms with Crippen LogP contribution in [-0.4, -0.2) is 4.32 Å². The van der Waals surface area contributed by atoms with Gasteiger partial charge in [-0.2, -0.15) is 0 Å². The lowest BCUT2D eigenvalue weighted by atomic mass is 9.89. The average molecular weight is 249 g/mol. The number of allylic oxidation sites excluding steroid dienone is 3. The molecule has 0 saturated heterocycles. The SMILES string of the molecule is CC=CC1(Br)C=Cc2ccccc2C1. The van der Waals surface area contributed by atoms with Crippen LogP contribution in [0.3, 0.4) is 0 Å². The van der Waals surface area contributed by atoms with E-state index in [4.69, 9.17) is 0 Å². The summed E-state index contributed by atoms with van der Waals surface area (Å²) in [5.74, 6) is 0. The molecule has 1 atom stereocenters. The van der Waals surface area contributed by atoms with Crippen LogP contribution in [0.5, 0.6) is 0 Å². The highest BCUT2D eigenvalue weighted by Gasteiger charge is 2.24. The third-order valence-electron chi connectivity index (χ3n) is 2.50. The monoisotopic (exact) mass is 248 g/mol. The Labute approximate surface area is 93.5 Å². The zero-order chi connectivity index (χ0) is 10.0. The highest BCUT2D eigenvalue weighted by Crippen LogP contribution is 2.33. The first kappa shape index (κ1) is 9.72. The molecular formula is C13H13Br. The number of benzene rings is 1. The summed E-state index contributed by atoms with van der Waals surface area (Å²) >= 11 is 3.75. The van der Waals surface area contributed by atoms with Crippen molar-refractivity contribution in [3.63, 3.8) is 0 Å². The molecule has 0 heterocycles. The molecule has 0 N–H and O–H groups in total. The van der Waals surface area contributed by atoms with Crippen molar-refractivity contribution in [2.75, 3.05) is 0 Å². The van der Waals surface area contributed by atoms with Gasteiger partial charge in [-0.3, -0.25) is 0 Å². The molecule has 0 radical (unpaired) electrons. The van der Waals surface area contributed by atoms with Crippen LogP contribution in [0.1, 0.15) is 18.1 Å². The van der Waals surface area contributed by atoms with Crippen molar-refractivity contribution in [1.82, 2.24) is 0 Å². The van der Waals surface area contributed by atoms with Crippen LogP contribution in [0.15, 0.2) is 42.5 Å². The van der Waals surface area contributed by atoms with Gasteiger partial charge in [-0.05, 0) is 24.5 Å². The van der Waals surface area contributed by atoms with Gasteiger partial charge in [0.25, 0.3) is 0 Å². The first-order valence-electron chi connectivity index (χ1n) is 4.83. The summed E-state index contributed by atoms with van der Waals surface area (Å²) in [6.07, 6.45) is 9.72. The molecule has 1 aliphatic carbocycles. The fourth-order valence-electron chi connectivity index (χ4n) is 1.83. The van der Waals surface area contributed by atoms with E-state index in [9.17, 15) is 0 Å². The highest BCUT2D eigenvalue weighted by molar-refractivity contribution is 9.10. The first-order valence-corrected chi connectivity index (χ1v) is 5.63. The number of halogens is 1. The van der Waals surface area contributed by atoms with Crippen molar-refractivity contribution in [3.8, 4) is 0 Å². The number of fused-ring (bicyclic) bond motifs is 1. The molecule has 1 aromatic rings. The van der Waals surface area contributed by atoms with E-state index >= 15 is 0 Å². The Hall–Kier alpha value is -0.820. The molecule has 0 spiro atoms. The highest BCUT2D eigenvalue weighted by atomic mass is 79.9. The normalized spacial score (nSPS) is 25.3. The third-order valence-corrected chi connectivity index (χ3v) is 3.31. The zero-order valence-electron chi connectivity index (χ0n) is 8.20. The van der Waals surface area contributed by atoms with E-state index < -0.39 is 0 Å². The maximum absolute atomic E-state index is 3.75. The van der Waals surface area contributed by atoms with Gasteiger partial charge in [-0.25, -0.2) is 0 Å². The summed E-state index contributed by atoms with van der Waals surface area (Å²) in [5, 5.41) is 0.